The van der Waals surface area contributed by atoms with Crippen molar-refractivity contribution in [3.05, 3.63) is 76.6 Å². The van der Waals surface area contributed by atoms with Gasteiger partial charge in [-0.05, 0) is 36.1 Å². The Hall–Kier alpha value is -3.61. The van der Waals surface area contributed by atoms with Gasteiger partial charge >= 0.3 is 12.1 Å². The number of aromatic nitrogens is 2. The van der Waals surface area contributed by atoms with E-state index in [0.29, 0.717) is 11.3 Å². The van der Waals surface area contributed by atoms with Gasteiger partial charge in [-0.15, -0.1) is 0 Å². The zero-order valence-corrected chi connectivity index (χ0v) is 17.8. The molecular weight excluding hydrogens is 394 g/mol. The molecule has 0 saturated carbocycles. The van der Waals surface area contributed by atoms with Crippen molar-refractivity contribution in [1.82, 2.24) is 15.1 Å². The number of alkyl carbamates (subject to hydrolysis) is 1. The smallest absolute Gasteiger partial charge is 0.407 e. The predicted octanol–water partition coefficient (Wildman–Crippen LogP) is 4.09. The highest BCUT2D eigenvalue weighted by molar-refractivity contribution is 5.79. The van der Waals surface area contributed by atoms with Crippen LogP contribution in [0.4, 0.5) is 4.79 Å². The Morgan fingerprint density at radius 3 is 2.19 bits per heavy atom. The Morgan fingerprint density at radius 2 is 1.68 bits per heavy atom. The lowest BCUT2D eigenvalue weighted by atomic mass is 9.98. The highest BCUT2D eigenvalue weighted by Crippen LogP contribution is 2.44. The number of carbonyl (C=O) groups excluding carboxylic acids is 1. The van der Waals surface area contributed by atoms with Crippen molar-refractivity contribution in [3.8, 4) is 11.1 Å². The van der Waals surface area contributed by atoms with Crippen LogP contribution in [-0.4, -0.2) is 33.6 Å². The molecule has 0 aliphatic heterocycles. The largest absolute Gasteiger partial charge is 0.481 e. The van der Waals surface area contributed by atoms with E-state index < -0.39 is 18.1 Å². The molecule has 1 atom stereocenters. The molecule has 7 heteroatoms. The Morgan fingerprint density at radius 1 is 1.10 bits per heavy atom. The van der Waals surface area contributed by atoms with Gasteiger partial charge in [0.1, 0.15) is 6.61 Å². The van der Waals surface area contributed by atoms with Crippen LogP contribution in [0.15, 0.2) is 48.5 Å². The van der Waals surface area contributed by atoms with Crippen LogP contribution in [-0.2, 0) is 16.6 Å². The van der Waals surface area contributed by atoms with E-state index in [2.05, 4.69) is 34.7 Å². The van der Waals surface area contributed by atoms with E-state index in [1.807, 2.05) is 31.2 Å². The molecular formula is C24H25N3O4. The Bertz CT molecular complexity index is 1110. The van der Waals surface area contributed by atoms with Crippen LogP contribution in [0, 0.1) is 13.8 Å². The summed E-state index contributed by atoms with van der Waals surface area (Å²) in [4.78, 5) is 24.1. The minimum absolute atomic E-state index is 0.0575. The fraction of sp³-hybridized carbons (Fsp3) is 0.292. The highest BCUT2D eigenvalue weighted by atomic mass is 16.5. The summed E-state index contributed by atoms with van der Waals surface area (Å²) < 4.78 is 7.27. The molecule has 0 radical (unpaired) electrons. The van der Waals surface area contributed by atoms with E-state index in [0.717, 1.165) is 27.9 Å². The van der Waals surface area contributed by atoms with Gasteiger partial charge in [-0.1, -0.05) is 48.5 Å². The van der Waals surface area contributed by atoms with Crippen LogP contribution >= 0.6 is 0 Å². The molecule has 0 bridgehead atoms. The SMILES string of the molecule is Cc1nn(C)c(C)c1[C@H](CC(=O)O)NC(=O)OCC1c2ccccc2-c2ccccc21. The predicted molar refractivity (Wildman–Crippen MR) is 116 cm³/mol. The maximum Gasteiger partial charge on any atom is 0.407 e. The zero-order chi connectivity index (χ0) is 22.1. The number of nitrogens with one attached hydrogen (secondary N) is 1. The lowest BCUT2D eigenvalue weighted by Crippen LogP contribution is -2.32. The van der Waals surface area contributed by atoms with Gasteiger partial charge in [0.05, 0.1) is 18.2 Å². The second-order valence-corrected chi connectivity index (χ2v) is 7.83. The number of fused-ring (bicyclic) bond motifs is 3. The molecule has 2 aromatic carbocycles. The lowest BCUT2D eigenvalue weighted by molar-refractivity contribution is -0.137. The molecule has 0 unspecified atom stereocenters. The number of benzene rings is 2. The third-order valence-electron chi connectivity index (χ3n) is 5.93. The minimum Gasteiger partial charge on any atom is -0.481 e. The fourth-order valence-electron chi connectivity index (χ4n) is 4.48. The number of aryl methyl sites for hydroxylation is 2. The van der Waals surface area contributed by atoms with Crippen molar-refractivity contribution in [1.29, 1.82) is 0 Å². The van der Waals surface area contributed by atoms with Crippen molar-refractivity contribution in [2.45, 2.75) is 32.2 Å². The third-order valence-corrected chi connectivity index (χ3v) is 5.93. The number of rotatable bonds is 6. The van der Waals surface area contributed by atoms with Gasteiger partial charge < -0.3 is 15.2 Å². The first-order valence-corrected chi connectivity index (χ1v) is 10.2. The summed E-state index contributed by atoms with van der Waals surface area (Å²) in [6.45, 7) is 3.82. The topological polar surface area (TPSA) is 93.5 Å². The molecule has 2 N–H and O–H groups in total. The minimum atomic E-state index is -1.01. The number of nitrogens with zero attached hydrogens (tertiary/aromatic N) is 2. The van der Waals surface area contributed by atoms with Crippen LogP contribution < -0.4 is 5.32 Å². The summed E-state index contributed by atoms with van der Waals surface area (Å²) in [6, 6.07) is 15.5. The summed E-state index contributed by atoms with van der Waals surface area (Å²) in [5.74, 6) is -1.07. The zero-order valence-electron chi connectivity index (χ0n) is 17.8. The number of hydrogen-bond acceptors (Lipinski definition) is 4. The molecule has 3 aromatic rings. The lowest BCUT2D eigenvalue weighted by Gasteiger charge is -2.19. The quantitative estimate of drug-likeness (QED) is 0.628. The van der Waals surface area contributed by atoms with E-state index in [1.54, 1.807) is 18.7 Å². The standard InChI is InChI=1S/C24H25N3O4/c1-14-23(15(2)27(3)26-14)21(12-22(28)29)25-24(30)31-13-20-18-10-6-4-8-16(18)17-9-5-7-11-19(17)20/h4-11,20-21H,12-13H2,1-3H3,(H,25,30)(H,28,29)/t21-/m0/s1. The van der Waals surface area contributed by atoms with Gasteiger partial charge in [0.15, 0.2) is 0 Å². The number of carboxylic acids is 1. The molecule has 7 nitrogen and oxygen atoms in total. The normalized spacial score (nSPS) is 13.4. The summed E-state index contributed by atoms with van der Waals surface area (Å²) >= 11 is 0. The molecule has 1 aliphatic carbocycles. The van der Waals surface area contributed by atoms with Crippen LogP contribution in [0.3, 0.4) is 0 Å². The van der Waals surface area contributed by atoms with Gasteiger partial charge in [0.25, 0.3) is 0 Å². The highest BCUT2D eigenvalue weighted by Gasteiger charge is 2.30. The van der Waals surface area contributed by atoms with Gasteiger partial charge in [0, 0.05) is 24.2 Å². The first-order chi connectivity index (χ1) is 14.9. The fourth-order valence-corrected chi connectivity index (χ4v) is 4.48. The van der Waals surface area contributed by atoms with Crippen molar-refractivity contribution in [2.75, 3.05) is 6.61 Å². The number of ether oxygens (including phenoxy) is 1. The van der Waals surface area contributed by atoms with E-state index in [4.69, 9.17) is 4.74 Å². The number of hydrogen-bond donors (Lipinski definition) is 2. The summed E-state index contributed by atoms with van der Waals surface area (Å²) in [6.07, 6.45) is -0.895. The average Bonchev–Trinajstić information content (AvgIpc) is 3.19. The number of carbonyl (C=O) groups is 2. The number of carboxylic acid groups (broad SMARTS) is 1. The molecule has 1 aliphatic rings. The summed E-state index contributed by atoms with van der Waals surface area (Å²) in [7, 11) is 1.79. The van der Waals surface area contributed by atoms with Crippen molar-refractivity contribution in [3.63, 3.8) is 0 Å². The Balaban J connectivity index is 1.51. The van der Waals surface area contributed by atoms with Crippen LogP contribution in [0.5, 0.6) is 0 Å². The Kier molecular flexibility index (Phi) is 5.50. The monoisotopic (exact) mass is 419 g/mol. The molecule has 0 fully saturated rings. The maximum absolute atomic E-state index is 12.7. The molecule has 0 spiro atoms. The molecule has 31 heavy (non-hydrogen) atoms. The second kappa shape index (κ2) is 8.26. The van der Waals surface area contributed by atoms with Crippen molar-refractivity contribution >= 4 is 12.1 Å². The van der Waals surface area contributed by atoms with Crippen molar-refractivity contribution < 1.29 is 19.4 Å². The maximum atomic E-state index is 12.7. The van der Waals surface area contributed by atoms with Crippen LogP contribution in [0.2, 0.25) is 0 Å². The second-order valence-electron chi connectivity index (χ2n) is 7.83. The third kappa shape index (κ3) is 3.91. The molecule has 4 rings (SSSR count). The Labute approximate surface area is 180 Å². The van der Waals surface area contributed by atoms with Gasteiger partial charge in [-0.3, -0.25) is 9.48 Å². The number of aliphatic carboxylic acids is 1. The molecule has 1 amide bonds. The van der Waals surface area contributed by atoms with E-state index in [1.165, 1.54) is 0 Å². The van der Waals surface area contributed by atoms with Gasteiger partial charge in [0.2, 0.25) is 0 Å². The van der Waals surface area contributed by atoms with Crippen LogP contribution in [0.1, 0.15) is 46.5 Å². The first-order valence-electron chi connectivity index (χ1n) is 10.2. The van der Waals surface area contributed by atoms with E-state index in [-0.39, 0.29) is 18.9 Å². The van der Waals surface area contributed by atoms with Gasteiger partial charge in [-0.25, -0.2) is 4.79 Å². The molecule has 160 valence electrons. The average molecular weight is 419 g/mol. The van der Waals surface area contributed by atoms with Crippen molar-refractivity contribution in [2.24, 2.45) is 7.05 Å². The van der Waals surface area contributed by atoms with Crippen LogP contribution in [0.25, 0.3) is 11.1 Å². The summed E-state index contributed by atoms with van der Waals surface area (Å²) in [5.41, 5.74) is 6.75. The molecule has 0 saturated heterocycles. The summed E-state index contributed by atoms with van der Waals surface area (Å²) in [5, 5.41) is 16.4. The number of amides is 1. The molecule has 1 heterocycles. The van der Waals surface area contributed by atoms with E-state index >= 15 is 0 Å². The van der Waals surface area contributed by atoms with Gasteiger partial charge in [-0.2, -0.15) is 5.10 Å². The first kappa shape index (κ1) is 20.7. The van der Waals surface area contributed by atoms with E-state index in [9.17, 15) is 14.7 Å². The molecule has 1 aromatic heterocycles.